The van der Waals surface area contributed by atoms with Gasteiger partial charge in [-0.3, -0.25) is 4.79 Å². The molecule has 0 saturated heterocycles. The number of benzene rings is 1. The van der Waals surface area contributed by atoms with Crippen molar-refractivity contribution >= 4 is 40.5 Å². The van der Waals surface area contributed by atoms with E-state index in [0.717, 1.165) is 10.6 Å². The lowest BCUT2D eigenvalue weighted by Gasteiger charge is -2.32. The van der Waals surface area contributed by atoms with Crippen LogP contribution in [0.5, 0.6) is 10.8 Å². The van der Waals surface area contributed by atoms with E-state index in [-0.39, 0.29) is 28.9 Å². The number of hydrogen-bond acceptors (Lipinski definition) is 4. The second-order valence-corrected chi connectivity index (χ2v) is 9.18. The fraction of sp³-hybridized carbons (Fsp3) is 0.381. The molecule has 146 valence electrons. The first-order chi connectivity index (χ1) is 12.7. The fourth-order valence-corrected chi connectivity index (χ4v) is 4.34. The summed E-state index contributed by atoms with van der Waals surface area (Å²) in [6.45, 7) is 8.01. The Kier molecular flexibility index (Phi) is 7.78. The summed E-state index contributed by atoms with van der Waals surface area (Å²) < 4.78 is 11.5. The van der Waals surface area contributed by atoms with Crippen LogP contribution >= 0.6 is 34.5 Å². The Hall–Kier alpha value is -1.49. The summed E-state index contributed by atoms with van der Waals surface area (Å²) in [5.74, 6) is 0.148. The number of rotatable bonds is 8. The molecule has 0 amide bonds. The van der Waals surface area contributed by atoms with Crippen molar-refractivity contribution in [2.45, 2.75) is 34.3 Å². The molecule has 0 aliphatic rings. The molecule has 1 heterocycles. The molecule has 0 fully saturated rings. The number of esters is 1. The van der Waals surface area contributed by atoms with E-state index in [0.29, 0.717) is 5.75 Å². The first-order valence-electron chi connectivity index (χ1n) is 8.70. The van der Waals surface area contributed by atoms with Crippen LogP contribution in [0.4, 0.5) is 0 Å². The standard InChI is InChI=1S/C21H24Cl2O3S/c1-14(2)19(21(3,4)12-17(22)23)20(24)25-13-15-7-5-8-16(11-15)26-18-9-6-10-27-18/h5-12,14,19H,13H2,1-4H3. The van der Waals surface area contributed by atoms with Gasteiger partial charge in [0.1, 0.15) is 16.8 Å². The zero-order valence-corrected chi connectivity index (χ0v) is 18.2. The van der Waals surface area contributed by atoms with E-state index in [1.807, 2.05) is 69.5 Å². The van der Waals surface area contributed by atoms with Gasteiger partial charge in [-0.1, -0.05) is 63.0 Å². The minimum Gasteiger partial charge on any atom is -0.461 e. The van der Waals surface area contributed by atoms with Gasteiger partial charge in [-0.15, -0.1) is 11.3 Å². The predicted molar refractivity (Wildman–Crippen MR) is 113 cm³/mol. The number of ether oxygens (including phenoxy) is 2. The molecule has 1 aromatic carbocycles. The van der Waals surface area contributed by atoms with Gasteiger partial charge < -0.3 is 9.47 Å². The van der Waals surface area contributed by atoms with Gasteiger partial charge in [0.05, 0.1) is 5.92 Å². The molecule has 0 spiro atoms. The number of hydrogen-bond donors (Lipinski definition) is 0. The molecule has 0 bridgehead atoms. The third-order valence-corrected chi connectivity index (χ3v) is 5.16. The summed E-state index contributed by atoms with van der Waals surface area (Å²) in [6, 6.07) is 11.4. The fourth-order valence-electron chi connectivity index (χ4n) is 3.19. The summed E-state index contributed by atoms with van der Waals surface area (Å²) in [5.41, 5.74) is 0.345. The number of halogens is 2. The second-order valence-electron chi connectivity index (χ2n) is 7.27. The van der Waals surface area contributed by atoms with Crippen LogP contribution in [0, 0.1) is 17.3 Å². The molecule has 3 nitrogen and oxygen atoms in total. The molecule has 6 heteroatoms. The van der Waals surface area contributed by atoms with Crippen LogP contribution in [0.15, 0.2) is 52.3 Å². The molecule has 0 saturated carbocycles. The smallest absolute Gasteiger partial charge is 0.310 e. The molecule has 27 heavy (non-hydrogen) atoms. The van der Waals surface area contributed by atoms with Crippen LogP contribution < -0.4 is 4.74 Å². The van der Waals surface area contributed by atoms with Crippen molar-refractivity contribution in [3.63, 3.8) is 0 Å². The van der Waals surface area contributed by atoms with Crippen LogP contribution in [0.25, 0.3) is 0 Å². The lowest BCUT2D eigenvalue weighted by molar-refractivity contribution is -0.155. The number of thiophene rings is 1. The third-order valence-electron chi connectivity index (χ3n) is 4.20. The molecular formula is C21H24Cl2O3S. The number of carbonyl (C=O) groups excluding carboxylic acids is 1. The van der Waals surface area contributed by atoms with Crippen LogP contribution in [-0.4, -0.2) is 5.97 Å². The normalized spacial score (nSPS) is 12.6. The van der Waals surface area contributed by atoms with Crippen molar-refractivity contribution in [3.05, 3.63) is 57.9 Å². The first-order valence-corrected chi connectivity index (χ1v) is 10.3. The van der Waals surface area contributed by atoms with Crippen molar-refractivity contribution in [1.29, 1.82) is 0 Å². The minimum absolute atomic E-state index is 0.0740. The van der Waals surface area contributed by atoms with Gasteiger partial charge in [-0.25, -0.2) is 0 Å². The van der Waals surface area contributed by atoms with E-state index < -0.39 is 5.41 Å². The summed E-state index contributed by atoms with van der Waals surface area (Å²) in [7, 11) is 0. The van der Waals surface area contributed by atoms with Gasteiger partial charge >= 0.3 is 5.97 Å². The molecule has 0 radical (unpaired) electrons. The number of carbonyl (C=O) groups is 1. The predicted octanol–water partition coefficient (Wildman–Crippen LogP) is 7.20. The van der Waals surface area contributed by atoms with E-state index in [1.165, 1.54) is 11.3 Å². The Balaban J connectivity index is 2.06. The minimum atomic E-state index is -0.520. The van der Waals surface area contributed by atoms with E-state index in [1.54, 1.807) is 6.08 Å². The molecule has 1 aromatic heterocycles. The highest BCUT2D eigenvalue weighted by atomic mass is 35.5. The van der Waals surface area contributed by atoms with E-state index in [4.69, 9.17) is 32.7 Å². The molecule has 0 aliphatic carbocycles. The van der Waals surface area contributed by atoms with E-state index >= 15 is 0 Å². The average molecular weight is 427 g/mol. The van der Waals surface area contributed by atoms with E-state index in [2.05, 4.69) is 0 Å². The third kappa shape index (κ3) is 6.56. The van der Waals surface area contributed by atoms with Crippen LogP contribution in [0.2, 0.25) is 0 Å². The van der Waals surface area contributed by atoms with Gasteiger partial charge in [0.2, 0.25) is 0 Å². The van der Waals surface area contributed by atoms with Crippen LogP contribution in [0.1, 0.15) is 33.3 Å². The molecule has 1 unspecified atom stereocenters. The van der Waals surface area contributed by atoms with Crippen LogP contribution in [-0.2, 0) is 16.1 Å². The summed E-state index contributed by atoms with van der Waals surface area (Å²) >= 11 is 13.2. The maximum absolute atomic E-state index is 12.8. The van der Waals surface area contributed by atoms with Gasteiger partial charge in [0.15, 0.2) is 5.06 Å². The highest BCUT2D eigenvalue weighted by Gasteiger charge is 2.37. The summed E-state index contributed by atoms with van der Waals surface area (Å²) in [6.07, 6.45) is 1.69. The Morgan fingerprint density at radius 3 is 2.56 bits per heavy atom. The summed E-state index contributed by atoms with van der Waals surface area (Å²) in [4.78, 5) is 12.8. The topological polar surface area (TPSA) is 35.5 Å². The van der Waals surface area contributed by atoms with Gasteiger partial charge in [-0.2, -0.15) is 0 Å². The molecular weight excluding hydrogens is 403 g/mol. The Bertz CT molecular complexity index is 778. The largest absolute Gasteiger partial charge is 0.461 e. The van der Waals surface area contributed by atoms with Gasteiger partial charge in [0.25, 0.3) is 0 Å². The Labute approximate surface area is 174 Å². The molecule has 0 aliphatic heterocycles. The summed E-state index contributed by atoms with van der Waals surface area (Å²) in [5, 5.41) is 2.77. The van der Waals surface area contributed by atoms with Gasteiger partial charge in [-0.05, 0) is 52.6 Å². The van der Waals surface area contributed by atoms with Crippen molar-refractivity contribution in [2.75, 3.05) is 0 Å². The monoisotopic (exact) mass is 426 g/mol. The van der Waals surface area contributed by atoms with Crippen molar-refractivity contribution < 1.29 is 14.3 Å². The highest BCUT2D eigenvalue weighted by molar-refractivity contribution is 7.11. The first kappa shape index (κ1) is 21.8. The zero-order valence-electron chi connectivity index (χ0n) is 15.9. The SMILES string of the molecule is CC(C)C(C(=O)OCc1cccc(Oc2cccs2)c1)C(C)(C)C=C(Cl)Cl. The van der Waals surface area contributed by atoms with Gasteiger partial charge in [0, 0.05) is 0 Å². The van der Waals surface area contributed by atoms with E-state index in [9.17, 15) is 4.79 Å². The maximum Gasteiger partial charge on any atom is 0.310 e. The lowest BCUT2D eigenvalue weighted by atomic mass is 9.73. The average Bonchev–Trinajstić information content (AvgIpc) is 3.04. The molecule has 0 N–H and O–H groups in total. The Morgan fingerprint density at radius 2 is 1.96 bits per heavy atom. The highest BCUT2D eigenvalue weighted by Crippen LogP contribution is 2.37. The van der Waals surface area contributed by atoms with Crippen molar-refractivity contribution in [2.24, 2.45) is 17.3 Å². The maximum atomic E-state index is 12.8. The molecule has 2 aromatic rings. The van der Waals surface area contributed by atoms with Crippen molar-refractivity contribution in [1.82, 2.24) is 0 Å². The lowest BCUT2D eigenvalue weighted by Crippen LogP contribution is -2.35. The zero-order chi connectivity index (χ0) is 20.0. The van der Waals surface area contributed by atoms with Crippen LogP contribution in [0.3, 0.4) is 0 Å². The quantitative estimate of drug-likeness (QED) is 0.418. The number of allylic oxidation sites excluding steroid dienone is 1. The second kappa shape index (κ2) is 9.63. The molecule has 2 rings (SSSR count). The molecule has 1 atom stereocenters. The Morgan fingerprint density at radius 1 is 1.22 bits per heavy atom. The van der Waals surface area contributed by atoms with Crippen molar-refractivity contribution in [3.8, 4) is 10.8 Å².